The minimum Gasteiger partial charge on any atom is -0.409 e. The molecule has 6 nitrogen and oxygen atoms in total. The Balaban J connectivity index is 1.50. The summed E-state index contributed by atoms with van der Waals surface area (Å²) in [5, 5.41) is 0. The van der Waals surface area contributed by atoms with Gasteiger partial charge in [0.2, 0.25) is 0 Å². The van der Waals surface area contributed by atoms with Crippen LogP contribution in [0.2, 0.25) is 0 Å². The molecule has 0 aromatic heterocycles. The number of hydrogen-bond acceptors (Lipinski definition) is 6. The molecule has 0 fully saturated rings. The normalized spacial score (nSPS) is 11.9. The molecule has 6 aromatic rings. The van der Waals surface area contributed by atoms with Gasteiger partial charge in [0, 0.05) is 16.7 Å². The Morgan fingerprint density at radius 2 is 0.768 bits per heavy atom. The molecule has 0 heterocycles. The van der Waals surface area contributed by atoms with Crippen LogP contribution in [-0.2, 0) is 5.41 Å². The van der Waals surface area contributed by atoms with Crippen molar-refractivity contribution in [2.24, 2.45) is 0 Å². The van der Waals surface area contributed by atoms with Crippen molar-refractivity contribution >= 4 is 17.2 Å². The third-order valence-corrected chi connectivity index (χ3v) is 11.9. The Bertz CT molecular complexity index is 2270. The highest BCUT2D eigenvalue weighted by atomic mass is 31.2. The van der Waals surface area contributed by atoms with Crippen molar-refractivity contribution in [1.82, 2.24) is 0 Å². The van der Waals surface area contributed by atoms with Crippen LogP contribution in [0.5, 0.6) is 34.5 Å². The van der Waals surface area contributed by atoms with Gasteiger partial charge in [0.05, 0.1) is 0 Å². The topological polar surface area (TPSA) is 55.4 Å². The Kier molecular flexibility index (Phi) is 12.6. The molecule has 0 aliphatic carbocycles. The number of para-hydroxylation sites is 4. The summed E-state index contributed by atoms with van der Waals surface area (Å²) in [6.07, 6.45) is 0. The summed E-state index contributed by atoms with van der Waals surface area (Å²) in [6, 6.07) is 38.0. The van der Waals surface area contributed by atoms with Crippen LogP contribution in [-0.4, -0.2) is 0 Å². The molecule has 8 heteroatoms. The summed E-state index contributed by atoms with van der Waals surface area (Å²) in [4.78, 5) is 0. The Labute approximate surface area is 335 Å². The van der Waals surface area contributed by atoms with Gasteiger partial charge in [0.1, 0.15) is 34.5 Å². The number of aryl methyl sites for hydroxylation is 6. The SMILES string of the molecule is Cc1ccccc1OP(Oc1ccccc1C)Oc1c(C)c(C)cc(C)c1-c1c(C)cc(C)c(C)c1OP(Oc1ccccc1)Oc1ccccc1C(C)(C)C. The summed E-state index contributed by atoms with van der Waals surface area (Å²) in [6.45, 7) is 23.1. The molecule has 0 N–H and O–H groups in total. The van der Waals surface area contributed by atoms with Crippen LogP contribution in [0.25, 0.3) is 11.1 Å². The largest absolute Gasteiger partial charge is 0.530 e. The summed E-state index contributed by atoms with van der Waals surface area (Å²) < 4.78 is 40.8. The lowest BCUT2D eigenvalue weighted by Crippen LogP contribution is -2.14. The monoisotopic (exact) mass is 786 g/mol. The number of rotatable bonds is 13. The molecular weight excluding hydrogens is 734 g/mol. The summed E-state index contributed by atoms with van der Waals surface area (Å²) in [5.41, 5.74) is 10.8. The Morgan fingerprint density at radius 3 is 1.23 bits per heavy atom. The maximum Gasteiger partial charge on any atom is 0.530 e. The first-order valence-corrected chi connectivity index (χ1v) is 21.1. The van der Waals surface area contributed by atoms with Crippen LogP contribution < -0.4 is 27.1 Å². The molecule has 6 rings (SSSR count). The van der Waals surface area contributed by atoms with Crippen molar-refractivity contribution in [2.75, 3.05) is 0 Å². The highest BCUT2D eigenvalue weighted by molar-refractivity contribution is 7.43. The van der Waals surface area contributed by atoms with E-state index in [9.17, 15) is 0 Å². The maximum absolute atomic E-state index is 7.08. The van der Waals surface area contributed by atoms with Gasteiger partial charge in [-0.25, -0.2) is 0 Å². The number of benzene rings is 6. The van der Waals surface area contributed by atoms with E-state index in [1.807, 2.05) is 111 Å². The molecule has 0 saturated heterocycles. The third-order valence-electron chi connectivity index (χ3n) is 9.88. The lowest BCUT2D eigenvalue weighted by Gasteiger charge is -2.28. The first kappa shape index (κ1) is 40.6. The first-order chi connectivity index (χ1) is 26.7. The lowest BCUT2D eigenvalue weighted by molar-refractivity contribution is 0.380. The molecule has 0 aliphatic rings. The van der Waals surface area contributed by atoms with Crippen molar-refractivity contribution in [3.05, 3.63) is 165 Å². The molecule has 0 radical (unpaired) electrons. The standard InChI is InChI=1S/C48H52O6P2/c1-31-21-15-18-26-41(31)50-56(51-42-27-19-16-22-32(42)2)54-47-38(8)34(4)30-36(6)45(47)44-35(5)29-33(3)37(7)46(44)53-55(49-39-23-13-12-14-24-39)52-43-28-20-17-25-40(43)48(9,10)11/h12-30H,1-11H3. The molecular formula is C48H52O6P2. The third kappa shape index (κ3) is 9.32. The molecule has 0 bridgehead atoms. The van der Waals surface area contributed by atoms with Gasteiger partial charge in [-0.3, -0.25) is 0 Å². The quantitative estimate of drug-likeness (QED) is 0.109. The van der Waals surface area contributed by atoms with Gasteiger partial charge in [0.25, 0.3) is 0 Å². The van der Waals surface area contributed by atoms with Gasteiger partial charge >= 0.3 is 17.2 Å². The van der Waals surface area contributed by atoms with Crippen molar-refractivity contribution in [2.45, 2.75) is 81.6 Å². The van der Waals surface area contributed by atoms with E-state index in [2.05, 4.69) is 80.5 Å². The van der Waals surface area contributed by atoms with E-state index in [1.54, 1.807) is 0 Å². The first-order valence-electron chi connectivity index (χ1n) is 18.9. The zero-order valence-electron chi connectivity index (χ0n) is 34.3. The van der Waals surface area contributed by atoms with E-state index in [-0.39, 0.29) is 5.41 Å². The minimum atomic E-state index is -2.01. The van der Waals surface area contributed by atoms with Crippen LogP contribution in [0.4, 0.5) is 0 Å². The zero-order chi connectivity index (χ0) is 40.1. The van der Waals surface area contributed by atoms with Gasteiger partial charge < -0.3 is 27.1 Å². The fraction of sp³-hybridized carbons (Fsp3) is 0.250. The van der Waals surface area contributed by atoms with E-state index in [0.717, 1.165) is 61.2 Å². The van der Waals surface area contributed by atoms with E-state index < -0.39 is 17.2 Å². The molecule has 290 valence electrons. The van der Waals surface area contributed by atoms with Crippen molar-refractivity contribution < 1.29 is 27.1 Å². The van der Waals surface area contributed by atoms with Crippen molar-refractivity contribution in [1.29, 1.82) is 0 Å². The van der Waals surface area contributed by atoms with Crippen LogP contribution in [0.1, 0.15) is 70.8 Å². The molecule has 1 unspecified atom stereocenters. The predicted octanol–water partition coefficient (Wildman–Crippen LogP) is 14.6. The van der Waals surface area contributed by atoms with Crippen molar-refractivity contribution in [3.63, 3.8) is 0 Å². The predicted molar refractivity (Wildman–Crippen MR) is 232 cm³/mol. The average Bonchev–Trinajstić information content (AvgIpc) is 3.15. The van der Waals surface area contributed by atoms with Gasteiger partial charge in [-0.2, -0.15) is 0 Å². The van der Waals surface area contributed by atoms with E-state index in [0.29, 0.717) is 34.5 Å². The fourth-order valence-electron chi connectivity index (χ4n) is 6.50. The van der Waals surface area contributed by atoms with Gasteiger partial charge in [-0.05, 0) is 136 Å². The second-order valence-electron chi connectivity index (χ2n) is 15.3. The average molecular weight is 787 g/mol. The van der Waals surface area contributed by atoms with E-state index >= 15 is 0 Å². The highest BCUT2D eigenvalue weighted by Gasteiger charge is 2.32. The van der Waals surface area contributed by atoms with E-state index in [1.165, 1.54) is 0 Å². The lowest BCUT2D eigenvalue weighted by atomic mass is 9.86. The molecule has 0 spiro atoms. The Hall–Kier alpha value is -5.02. The summed E-state index contributed by atoms with van der Waals surface area (Å²) >= 11 is 0. The zero-order valence-corrected chi connectivity index (χ0v) is 36.1. The van der Waals surface area contributed by atoms with Crippen LogP contribution in [0, 0.1) is 55.4 Å². The second-order valence-corrected chi connectivity index (χ2v) is 17.3. The van der Waals surface area contributed by atoms with Crippen molar-refractivity contribution in [3.8, 4) is 45.6 Å². The molecule has 1 atom stereocenters. The molecule has 6 aromatic carbocycles. The summed E-state index contributed by atoms with van der Waals surface area (Å²) in [7, 11) is -4.00. The van der Waals surface area contributed by atoms with Crippen LogP contribution in [0.15, 0.2) is 115 Å². The highest BCUT2D eigenvalue weighted by Crippen LogP contribution is 2.54. The van der Waals surface area contributed by atoms with Crippen LogP contribution >= 0.6 is 17.2 Å². The fourth-order valence-corrected chi connectivity index (χ4v) is 8.83. The molecule has 0 amide bonds. The molecule has 0 saturated carbocycles. The van der Waals surface area contributed by atoms with Gasteiger partial charge in [-0.15, -0.1) is 0 Å². The summed E-state index contributed by atoms with van der Waals surface area (Å²) in [5.74, 6) is 4.08. The molecule has 0 aliphatic heterocycles. The van der Waals surface area contributed by atoms with Gasteiger partial charge in [0.15, 0.2) is 0 Å². The minimum absolute atomic E-state index is 0.173. The second kappa shape index (κ2) is 17.4. The molecule has 56 heavy (non-hydrogen) atoms. The van der Waals surface area contributed by atoms with Crippen LogP contribution in [0.3, 0.4) is 0 Å². The van der Waals surface area contributed by atoms with E-state index in [4.69, 9.17) is 27.1 Å². The smallest absolute Gasteiger partial charge is 0.409 e. The van der Waals surface area contributed by atoms with Gasteiger partial charge in [-0.1, -0.05) is 106 Å². The Morgan fingerprint density at radius 1 is 0.375 bits per heavy atom. The number of hydrogen-bond donors (Lipinski definition) is 0. The maximum atomic E-state index is 7.08.